The molecule has 0 spiro atoms. The molecule has 0 saturated carbocycles. The van der Waals surface area contributed by atoms with Crippen molar-refractivity contribution in [3.63, 3.8) is 0 Å². The number of hydrogen-bond donors (Lipinski definition) is 5. The molecule has 0 radical (unpaired) electrons. The van der Waals surface area contributed by atoms with Crippen molar-refractivity contribution in [2.24, 2.45) is 22.2 Å². The summed E-state index contributed by atoms with van der Waals surface area (Å²) in [5.41, 5.74) is 17.8. The number of carbonyl (C=O) groups is 4. The first kappa shape index (κ1) is 29.8. The fraction of sp³-hybridized carbons (Fsp3) is 0.346. The van der Waals surface area contributed by atoms with Crippen molar-refractivity contribution >= 4 is 29.7 Å². The predicted octanol–water partition coefficient (Wildman–Crippen LogP) is -0.155. The number of guanidine groups is 1. The summed E-state index contributed by atoms with van der Waals surface area (Å²) in [6.07, 6.45) is 0.315. The molecule has 0 unspecified atom stereocenters. The van der Waals surface area contributed by atoms with Crippen molar-refractivity contribution in [2.75, 3.05) is 13.1 Å². The van der Waals surface area contributed by atoms with Crippen LogP contribution in [0, 0.1) is 0 Å². The molecule has 0 aliphatic carbocycles. The van der Waals surface area contributed by atoms with Gasteiger partial charge < -0.3 is 37.3 Å². The van der Waals surface area contributed by atoms with Crippen molar-refractivity contribution in [3.05, 3.63) is 71.8 Å². The Hall–Kier alpha value is -4.45. The Bertz CT molecular complexity index is 1080. The molecule has 2 amide bonds. The zero-order valence-corrected chi connectivity index (χ0v) is 21.0. The van der Waals surface area contributed by atoms with Gasteiger partial charge in [-0.15, -0.1) is 0 Å². The number of nitrogens with two attached hydrogens (primary N) is 3. The summed E-state index contributed by atoms with van der Waals surface area (Å²) in [7, 11) is 0. The second kappa shape index (κ2) is 16.3. The standard InChI is InChI=1S/C26H34N6O6/c27-20(12-7-13-30-26(28)29)24(35)31-15-22(33)32-21(25(36)38-17-19-10-5-2-6-11-19)14-23(34)37-16-18-8-3-1-4-9-18/h1-6,8-11,20-21H,7,12-17,27H2,(H,31,35)(H,32,33)(H4,28,29,30)/t20-,21-/m0/s1. The summed E-state index contributed by atoms with van der Waals surface area (Å²) in [5, 5.41) is 4.83. The Kier molecular flexibility index (Phi) is 12.8. The number of benzene rings is 2. The highest BCUT2D eigenvalue weighted by molar-refractivity contribution is 5.91. The zero-order chi connectivity index (χ0) is 27.8. The van der Waals surface area contributed by atoms with Crippen LogP contribution < -0.4 is 27.8 Å². The van der Waals surface area contributed by atoms with Gasteiger partial charge in [0, 0.05) is 6.54 Å². The molecule has 2 aromatic carbocycles. The van der Waals surface area contributed by atoms with Gasteiger partial charge in [0.2, 0.25) is 11.8 Å². The second-order valence-electron chi connectivity index (χ2n) is 8.34. The van der Waals surface area contributed by atoms with Gasteiger partial charge in [-0.1, -0.05) is 60.7 Å². The van der Waals surface area contributed by atoms with E-state index in [0.717, 1.165) is 11.1 Å². The summed E-state index contributed by atoms with van der Waals surface area (Å²) >= 11 is 0. The fourth-order valence-electron chi connectivity index (χ4n) is 3.18. The smallest absolute Gasteiger partial charge is 0.329 e. The van der Waals surface area contributed by atoms with Gasteiger partial charge in [-0.05, 0) is 24.0 Å². The third-order valence-corrected chi connectivity index (χ3v) is 5.18. The minimum Gasteiger partial charge on any atom is -0.461 e. The lowest BCUT2D eigenvalue weighted by Crippen LogP contribution is -2.49. The quantitative estimate of drug-likeness (QED) is 0.0905. The third kappa shape index (κ3) is 12.0. The molecule has 0 bridgehead atoms. The molecular formula is C26H34N6O6. The first-order chi connectivity index (χ1) is 18.2. The van der Waals surface area contributed by atoms with Crippen molar-refractivity contribution in [1.82, 2.24) is 10.6 Å². The van der Waals surface area contributed by atoms with E-state index in [4.69, 9.17) is 26.7 Å². The van der Waals surface area contributed by atoms with Crippen LogP contribution in [-0.2, 0) is 41.9 Å². The van der Waals surface area contributed by atoms with Gasteiger partial charge in [-0.3, -0.25) is 19.4 Å². The normalized spacial score (nSPS) is 11.9. The van der Waals surface area contributed by atoms with Crippen LogP contribution in [0.3, 0.4) is 0 Å². The number of carbonyl (C=O) groups excluding carboxylic acids is 4. The average Bonchev–Trinajstić information content (AvgIpc) is 2.92. The SMILES string of the molecule is NC(N)=NCCC[C@H](N)C(=O)NCC(=O)N[C@@H](CC(=O)OCc1ccccc1)C(=O)OCc1ccccc1. The van der Waals surface area contributed by atoms with Gasteiger partial charge in [0.05, 0.1) is 19.0 Å². The number of aliphatic imine (C=N–C) groups is 1. The van der Waals surface area contributed by atoms with E-state index in [9.17, 15) is 19.2 Å². The lowest BCUT2D eigenvalue weighted by molar-refractivity contribution is -0.155. The van der Waals surface area contributed by atoms with Crippen molar-refractivity contribution in [1.29, 1.82) is 0 Å². The minimum absolute atomic E-state index is 0.0104. The maximum atomic E-state index is 12.7. The fourth-order valence-corrected chi connectivity index (χ4v) is 3.18. The minimum atomic E-state index is -1.32. The predicted molar refractivity (Wildman–Crippen MR) is 140 cm³/mol. The highest BCUT2D eigenvalue weighted by Crippen LogP contribution is 2.07. The van der Waals surface area contributed by atoms with Crippen LogP contribution in [0.5, 0.6) is 0 Å². The van der Waals surface area contributed by atoms with Gasteiger partial charge in [0.15, 0.2) is 5.96 Å². The maximum Gasteiger partial charge on any atom is 0.329 e. The number of nitrogens with one attached hydrogen (secondary N) is 2. The Morgan fingerprint density at radius 2 is 1.45 bits per heavy atom. The summed E-state index contributed by atoms with van der Waals surface area (Å²) in [4.78, 5) is 53.6. The Morgan fingerprint density at radius 1 is 0.868 bits per heavy atom. The van der Waals surface area contributed by atoms with Gasteiger partial charge in [-0.25, -0.2) is 4.79 Å². The summed E-state index contributed by atoms with van der Waals surface area (Å²) < 4.78 is 10.5. The molecule has 12 heteroatoms. The molecule has 2 atom stereocenters. The van der Waals surface area contributed by atoms with E-state index in [0.29, 0.717) is 19.4 Å². The number of nitrogens with zero attached hydrogens (tertiary/aromatic N) is 1. The van der Waals surface area contributed by atoms with Crippen molar-refractivity contribution < 1.29 is 28.7 Å². The number of esters is 2. The van der Waals surface area contributed by atoms with Crippen molar-refractivity contribution in [3.8, 4) is 0 Å². The molecule has 0 saturated heterocycles. The largest absolute Gasteiger partial charge is 0.461 e. The lowest BCUT2D eigenvalue weighted by atomic mass is 10.1. The summed E-state index contributed by atoms with van der Waals surface area (Å²) in [6, 6.07) is 15.7. The van der Waals surface area contributed by atoms with Gasteiger partial charge >= 0.3 is 11.9 Å². The monoisotopic (exact) mass is 526 g/mol. The van der Waals surface area contributed by atoms with Crippen LogP contribution in [0.1, 0.15) is 30.4 Å². The van der Waals surface area contributed by atoms with Gasteiger partial charge in [0.25, 0.3) is 0 Å². The molecule has 2 aromatic rings. The van der Waals surface area contributed by atoms with E-state index in [1.54, 1.807) is 48.5 Å². The molecule has 0 aliphatic heterocycles. The molecule has 0 aromatic heterocycles. The second-order valence-corrected chi connectivity index (χ2v) is 8.34. The molecule has 0 heterocycles. The topological polar surface area (TPSA) is 201 Å². The number of amides is 2. The van der Waals surface area contributed by atoms with Gasteiger partial charge in [-0.2, -0.15) is 0 Å². The molecule has 2 rings (SSSR count). The summed E-state index contributed by atoms with van der Waals surface area (Å²) in [5.74, 6) is -2.84. The van der Waals surface area contributed by atoms with E-state index in [-0.39, 0.29) is 19.2 Å². The third-order valence-electron chi connectivity index (χ3n) is 5.18. The molecule has 0 aliphatic rings. The van der Waals surface area contributed by atoms with E-state index in [2.05, 4.69) is 15.6 Å². The first-order valence-corrected chi connectivity index (χ1v) is 12.0. The maximum absolute atomic E-state index is 12.7. The highest BCUT2D eigenvalue weighted by atomic mass is 16.5. The Morgan fingerprint density at radius 3 is 2.03 bits per heavy atom. The zero-order valence-electron chi connectivity index (χ0n) is 21.0. The molecule has 8 N–H and O–H groups in total. The van der Waals surface area contributed by atoms with Crippen LogP contribution in [0.15, 0.2) is 65.7 Å². The van der Waals surface area contributed by atoms with E-state index >= 15 is 0 Å². The molecule has 12 nitrogen and oxygen atoms in total. The number of rotatable bonds is 15. The molecule has 38 heavy (non-hydrogen) atoms. The van der Waals surface area contributed by atoms with Crippen LogP contribution in [0.2, 0.25) is 0 Å². The Balaban J connectivity index is 1.89. The first-order valence-electron chi connectivity index (χ1n) is 12.0. The molecular weight excluding hydrogens is 492 g/mol. The molecule has 0 fully saturated rings. The van der Waals surface area contributed by atoms with E-state index in [1.807, 2.05) is 12.1 Å². The van der Waals surface area contributed by atoms with E-state index in [1.165, 1.54) is 0 Å². The lowest BCUT2D eigenvalue weighted by Gasteiger charge is -2.18. The van der Waals surface area contributed by atoms with Crippen molar-refractivity contribution in [2.45, 2.75) is 44.6 Å². The highest BCUT2D eigenvalue weighted by Gasteiger charge is 2.27. The molecule has 204 valence electrons. The number of ether oxygens (including phenoxy) is 2. The van der Waals surface area contributed by atoms with Crippen LogP contribution in [0.4, 0.5) is 0 Å². The summed E-state index contributed by atoms with van der Waals surface area (Å²) in [6.45, 7) is -0.175. The van der Waals surface area contributed by atoms with Crippen LogP contribution in [0.25, 0.3) is 0 Å². The Labute approximate surface area is 220 Å². The van der Waals surface area contributed by atoms with Crippen LogP contribution in [-0.4, -0.2) is 54.9 Å². The van der Waals surface area contributed by atoms with Gasteiger partial charge in [0.1, 0.15) is 19.3 Å². The van der Waals surface area contributed by atoms with Crippen LogP contribution >= 0.6 is 0 Å². The average molecular weight is 527 g/mol. The number of hydrogen-bond acceptors (Lipinski definition) is 8. The van der Waals surface area contributed by atoms with E-state index < -0.39 is 48.8 Å².